The van der Waals surface area contributed by atoms with Crippen LogP contribution in [0, 0.1) is 0 Å². The summed E-state index contributed by atoms with van der Waals surface area (Å²) in [5.74, 6) is 0.969. The summed E-state index contributed by atoms with van der Waals surface area (Å²) >= 11 is 3.50. The summed E-state index contributed by atoms with van der Waals surface area (Å²) < 4.78 is 3.24. The highest BCUT2D eigenvalue weighted by molar-refractivity contribution is 9.10. The Kier molecular flexibility index (Phi) is 6.25. The summed E-state index contributed by atoms with van der Waals surface area (Å²) in [5, 5.41) is 3.32. The van der Waals surface area contributed by atoms with Gasteiger partial charge in [0.2, 0.25) is 0 Å². The number of halogens is 1. The smallest absolute Gasteiger partial charge is 0.194 e. The van der Waals surface area contributed by atoms with Crippen LogP contribution in [-0.2, 0) is 13.6 Å². The molecule has 0 fully saturated rings. The second kappa shape index (κ2) is 7.46. The molecule has 5 heteroatoms. The van der Waals surface area contributed by atoms with E-state index in [1.807, 2.05) is 0 Å². The minimum Gasteiger partial charge on any atom is -0.357 e. The number of hydrogen-bond acceptors (Lipinski definition) is 1. The maximum atomic E-state index is 4.57. The molecular weight excluding hydrogens is 292 g/mol. The zero-order valence-corrected chi connectivity index (χ0v) is 13.3. The Balaban J connectivity index is 2.71. The largest absolute Gasteiger partial charge is 0.357 e. The van der Waals surface area contributed by atoms with Crippen molar-refractivity contribution in [2.45, 2.75) is 26.8 Å². The van der Waals surface area contributed by atoms with Gasteiger partial charge in [0.1, 0.15) is 0 Å². The summed E-state index contributed by atoms with van der Waals surface area (Å²) in [4.78, 5) is 6.73. The highest BCUT2D eigenvalue weighted by Gasteiger charge is 2.09. The van der Waals surface area contributed by atoms with Crippen molar-refractivity contribution < 1.29 is 0 Å². The van der Waals surface area contributed by atoms with Crippen molar-refractivity contribution in [2.75, 3.05) is 20.1 Å². The Morgan fingerprint density at radius 2 is 2.22 bits per heavy atom. The van der Waals surface area contributed by atoms with E-state index < -0.39 is 0 Å². The van der Waals surface area contributed by atoms with Crippen molar-refractivity contribution >= 4 is 21.9 Å². The van der Waals surface area contributed by atoms with E-state index in [0.29, 0.717) is 0 Å². The maximum absolute atomic E-state index is 4.57. The molecule has 0 radical (unpaired) electrons. The van der Waals surface area contributed by atoms with Gasteiger partial charge in [0, 0.05) is 43.5 Å². The number of aromatic nitrogens is 1. The van der Waals surface area contributed by atoms with Gasteiger partial charge in [0.15, 0.2) is 5.96 Å². The average Bonchev–Trinajstić information content (AvgIpc) is 2.63. The van der Waals surface area contributed by atoms with Crippen LogP contribution >= 0.6 is 15.9 Å². The van der Waals surface area contributed by atoms with E-state index >= 15 is 0 Å². The number of rotatable bonds is 5. The van der Waals surface area contributed by atoms with E-state index in [2.05, 4.69) is 75.9 Å². The van der Waals surface area contributed by atoms with Crippen molar-refractivity contribution in [3.05, 3.63) is 22.4 Å². The lowest BCUT2D eigenvalue weighted by atomic mass is 10.4. The first-order valence-corrected chi connectivity index (χ1v) is 7.18. The molecule has 1 rings (SSSR count). The predicted molar refractivity (Wildman–Crippen MR) is 80.8 cm³/mol. The summed E-state index contributed by atoms with van der Waals surface area (Å²) in [6.45, 7) is 6.83. The van der Waals surface area contributed by atoms with Crippen LogP contribution in [0.4, 0.5) is 0 Å². The van der Waals surface area contributed by atoms with Crippen LogP contribution < -0.4 is 5.32 Å². The third-order valence-electron chi connectivity index (χ3n) is 2.66. The standard InChI is InChI=1S/C13H23BrN4/c1-5-7-16-13(15-6-2)18(4)10-12-8-11(14)9-17(12)3/h8-9H,5-7,10H2,1-4H3,(H,15,16). The monoisotopic (exact) mass is 314 g/mol. The van der Waals surface area contributed by atoms with Gasteiger partial charge in [-0.05, 0) is 35.3 Å². The molecule has 102 valence electrons. The number of hydrogen-bond donors (Lipinski definition) is 1. The van der Waals surface area contributed by atoms with E-state index in [-0.39, 0.29) is 0 Å². The number of guanidine groups is 1. The van der Waals surface area contributed by atoms with E-state index in [4.69, 9.17) is 0 Å². The van der Waals surface area contributed by atoms with Gasteiger partial charge in [-0.25, -0.2) is 0 Å². The van der Waals surface area contributed by atoms with Crippen molar-refractivity contribution in [3.63, 3.8) is 0 Å². The third kappa shape index (κ3) is 4.37. The summed E-state index contributed by atoms with van der Waals surface area (Å²) in [6.07, 6.45) is 3.14. The number of aliphatic imine (C=N–C) groups is 1. The normalized spacial score (nSPS) is 11.7. The molecule has 0 aliphatic heterocycles. The molecule has 18 heavy (non-hydrogen) atoms. The molecule has 0 aliphatic rings. The third-order valence-corrected chi connectivity index (χ3v) is 3.09. The summed E-state index contributed by atoms with van der Waals surface area (Å²) in [5.41, 5.74) is 1.26. The number of nitrogens with zero attached hydrogens (tertiary/aromatic N) is 3. The molecule has 0 spiro atoms. The summed E-state index contributed by atoms with van der Waals surface area (Å²) in [7, 11) is 4.13. The second-order valence-corrected chi connectivity index (χ2v) is 5.27. The van der Waals surface area contributed by atoms with E-state index in [0.717, 1.165) is 36.5 Å². The lowest BCUT2D eigenvalue weighted by Gasteiger charge is -2.22. The molecule has 0 aromatic carbocycles. The summed E-state index contributed by atoms with van der Waals surface area (Å²) in [6, 6.07) is 2.14. The number of aryl methyl sites for hydroxylation is 1. The highest BCUT2D eigenvalue weighted by atomic mass is 79.9. The molecule has 0 saturated carbocycles. The molecule has 1 aromatic heterocycles. The van der Waals surface area contributed by atoms with Gasteiger partial charge < -0.3 is 14.8 Å². The molecule has 1 heterocycles. The van der Waals surface area contributed by atoms with Crippen LogP contribution in [0.25, 0.3) is 0 Å². The van der Waals surface area contributed by atoms with Crippen LogP contribution in [0.1, 0.15) is 26.0 Å². The molecule has 0 amide bonds. The number of nitrogens with one attached hydrogen (secondary N) is 1. The van der Waals surface area contributed by atoms with Crippen molar-refractivity contribution in [1.82, 2.24) is 14.8 Å². The first-order valence-electron chi connectivity index (χ1n) is 6.38. The highest BCUT2D eigenvalue weighted by Crippen LogP contribution is 2.14. The fourth-order valence-corrected chi connectivity index (χ4v) is 2.30. The second-order valence-electron chi connectivity index (χ2n) is 4.35. The van der Waals surface area contributed by atoms with Crippen LogP contribution in [-0.4, -0.2) is 35.6 Å². The average molecular weight is 315 g/mol. The maximum Gasteiger partial charge on any atom is 0.194 e. The van der Waals surface area contributed by atoms with Gasteiger partial charge in [0.05, 0.1) is 6.54 Å². The Labute approximate surface area is 118 Å². The van der Waals surface area contributed by atoms with Gasteiger partial charge >= 0.3 is 0 Å². The Morgan fingerprint density at radius 1 is 1.50 bits per heavy atom. The van der Waals surface area contributed by atoms with Crippen LogP contribution in [0.3, 0.4) is 0 Å². The van der Waals surface area contributed by atoms with Crippen molar-refractivity contribution in [1.29, 1.82) is 0 Å². The molecule has 0 unspecified atom stereocenters. The van der Waals surface area contributed by atoms with Gasteiger partial charge in [0.25, 0.3) is 0 Å². The Bertz CT molecular complexity index is 398. The lowest BCUT2D eigenvalue weighted by molar-refractivity contribution is 0.462. The van der Waals surface area contributed by atoms with E-state index in [9.17, 15) is 0 Å². The first kappa shape index (κ1) is 15.1. The first-order chi connectivity index (χ1) is 8.58. The molecule has 0 bridgehead atoms. The SMILES string of the molecule is CCCN=C(NCC)N(C)Cc1cc(Br)cn1C. The van der Waals surface area contributed by atoms with Crippen molar-refractivity contribution in [3.8, 4) is 0 Å². The van der Waals surface area contributed by atoms with Gasteiger partial charge in [-0.3, -0.25) is 4.99 Å². The van der Waals surface area contributed by atoms with Crippen LogP contribution in [0.2, 0.25) is 0 Å². The zero-order chi connectivity index (χ0) is 13.5. The molecule has 0 saturated heterocycles. The van der Waals surface area contributed by atoms with E-state index in [1.54, 1.807) is 0 Å². The minimum atomic E-state index is 0.845. The fraction of sp³-hybridized carbons (Fsp3) is 0.615. The predicted octanol–water partition coefficient (Wildman–Crippen LogP) is 2.59. The Morgan fingerprint density at radius 3 is 2.72 bits per heavy atom. The van der Waals surface area contributed by atoms with Crippen molar-refractivity contribution in [2.24, 2.45) is 12.0 Å². The van der Waals surface area contributed by atoms with Gasteiger partial charge in [-0.2, -0.15) is 0 Å². The van der Waals surface area contributed by atoms with Gasteiger partial charge in [-0.15, -0.1) is 0 Å². The van der Waals surface area contributed by atoms with Crippen LogP contribution in [0.15, 0.2) is 21.7 Å². The van der Waals surface area contributed by atoms with E-state index in [1.165, 1.54) is 5.69 Å². The molecular formula is C13H23BrN4. The molecule has 1 aromatic rings. The molecule has 4 nitrogen and oxygen atoms in total. The minimum absolute atomic E-state index is 0.845. The molecule has 1 N–H and O–H groups in total. The zero-order valence-electron chi connectivity index (χ0n) is 11.7. The van der Waals surface area contributed by atoms with Gasteiger partial charge in [-0.1, -0.05) is 6.92 Å². The molecule has 0 atom stereocenters. The fourth-order valence-electron chi connectivity index (χ4n) is 1.73. The quantitative estimate of drug-likeness (QED) is 0.669. The van der Waals surface area contributed by atoms with Crippen LogP contribution in [0.5, 0.6) is 0 Å². The topological polar surface area (TPSA) is 32.6 Å². The molecule has 0 aliphatic carbocycles. The Hall–Kier alpha value is -0.970. The lowest BCUT2D eigenvalue weighted by Crippen LogP contribution is -2.38.